The molecule has 108 valence electrons. The fourth-order valence-corrected chi connectivity index (χ4v) is 2.43. The molecular weight excluding hydrogens is 262 g/mol. The summed E-state index contributed by atoms with van der Waals surface area (Å²) in [4.78, 5) is 23.2. The van der Waals surface area contributed by atoms with Crippen LogP contribution in [0.15, 0.2) is 59.8 Å². The van der Waals surface area contributed by atoms with Crippen molar-refractivity contribution >= 4 is 11.5 Å². The van der Waals surface area contributed by atoms with E-state index in [1.54, 1.807) is 24.3 Å². The Morgan fingerprint density at radius 2 is 1.71 bits per heavy atom. The van der Waals surface area contributed by atoms with Gasteiger partial charge >= 0.3 is 0 Å². The van der Waals surface area contributed by atoms with Gasteiger partial charge in [-0.3, -0.25) is 4.79 Å². The molecular formula is C18H19NO2. The van der Waals surface area contributed by atoms with E-state index >= 15 is 0 Å². The Bertz CT molecular complexity index is 590. The third-order valence-corrected chi connectivity index (χ3v) is 3.62. The number of carbonyl (C=O) groups is 1. The molecule has 3 nitrogen and oxygen atoms in total. The second-order valence-electron chi connectivity index (χ2n) is 5.11. The van der Waals surface area contributed by atoms with Gasteiger partial charge in [-0.1, -0.05) is 50.1 Å². The molecule has 2 rings (SSSR count). The van der Waals surface area contributed by atoms with Gasteiger partial charge in [-0.05, 0) is 41.4 Å². The van der Waals surface area contributed by atoms with Crippen molar-refractivity contribution in [3.63, 3.8) is 0 Å². The highest BCUT2D eigenvalue weighted by molar-refractivity contribution is 6.01. The topological polar surface area (TPSA) is 46.5 Å². The lowest BCUT2D eigenvalue weighted by atomic mass is 9.86. The van der Waals surface area contributed by atoms with Crippen molar-refractivity contribution in [2.75, 3.05) is 0 Å². The minimum Gasteiger partial charge on any atom is -0.293 e. The molecule has 0 radical (unpaired) electrons. The van der Waals surface area contributed by atoms with Crippen LogP contribution in [0.5, 0.6) is 0 Å². The maximum absolute atomic E-state index is 12.7. The number of benzene rings is 2. The first-order valence-electron chi connectivity index (χ1n) is 7.29. The van der Waals surface area contributed by atoms with E-state index in [-0.39, 0.29) is 11.7 Å². The van der Waals surface area contributed by atoms with Crippen molar-refractivity contribution in [2.45, 2.75) is 32.1 Å². The van der Waals surface area contributed by atoms with Crippen LogP contribution in [0.4, 0.5) is 5.69 Å². The zero-order valence-corrected chi connectivity index (χ0v) is 12.2. The first-order valence-corrected chi connectivity index (χ1v) is 7.29. The summed E-state index contributed by atoms with van der Waals surface area (Å²) in [5.41, 5.74) is 2.03. The quantitative estimate of drug-likeness (QED) is 0.514. The van der Waals surface area contributed by atoms with Crippen LogP contribution in [0.2, 0.25) is 0 Å². The van der Waals surface area contributed by atoms with Crippen molar-refractivity contribution in [2.24, 2.45) is 5.18 Å². The maximum atomic E-state index is 12.7. The Kier molecular flexibility index (Phi) is 5.38. The Labute approximate surface area is 125 Å². The van der Waals surface area contributed by atoms with E-state index in [0.29, 0.717) is 11.3 Å². The van der Waals surface area contributed by atoms with Gasteiger partial charge in [-0.25, -0.2) is 0 Å². The van der Waals surface area contributed by atoms with Crippen LogP contribution in [0.25, 0.3) is 0 Å². The summed E-state index contributed by atoms with van der Waals surface area (Å²) in [7, 11) is 0. The standard InChI is InChI=1S/C18H19NO2/c1-2-3-9-17(14-7-5-4-6-8-14)18(20)15-10-12-16(19-21)13-11-15/h4-8,10-13,17H,2-3,9H2,1H3. The van der Waals surface area contributed by atoms with Gasteiger partial charge in [0.05, 0.1) is 0 Å². The van der Waals surface area contributed by atoms with E-state index in [2.05, 4.69) is 12.1 Å². The Hall–Kier alpha value is -2.29. The third-order valence-electron chi connectivity index (χ3n) is 3.62. The van der Waals surface area contributed by atoms with Gasteiger partial charge in [0.1, 0.15) is 5.69 Å². The highest BCUT2D eigenvalue weighted by atomic mass is 16.3. The molecule has 0 spiro atoms. The summed E-state index contributed by atoms with van der Waals surface area (Å²) >= 11 is 0. The number of nitrogens with zero attached hydrogens (tertiary/aromatic N) is 1. The van der Waals surface area contributed by atoms with Gasteiger partial charge in [0, 0.05) is 11.5 Å². The first-order chi connectivity index (χ1) is 10.3. The average molecular weight is 281 g/mol. The van der Waals surface area contributed by atoms with E-state index in [9.17, 15) is 9.70 Å². The number of Topliss-reactive ketones (excluding diaryl/α,β-unsaturated/α-hetero) is 1. The molecule has 0 amide bonds. The largest absolute Gasteiger partial charge is 0.293 e. The molecule has 0 fully saturated rings. The van der Waals surface area contributed by atoms with Gasteiger partial charge in [0.25, 0.3) is 0 Å². The zero-order chi connectivity index (χ0) is 15.1. The number of hydrogen-bond acceptors (Lipinski definition) is 3. The molecule has 2 aromatic rings. The van der Waals surface area contributed by atoms with Crippen LogP contribution < -0.4 is 0 Å². The third kappa shape index (κ3) is 3.85. The highest BCUT2D eigenvalue weighted by Crippen LogP contribution is 2.27. The molecule has 0 aliphatic heterocycles. The van der Waals surface area contributed by atoms with Crippen LogP contribution >= 0.6 is 0 Å². The maximum Gasteiger partial charge on any atom is 0.170 e. The number of ketones is 1. The number of hydrogen-bond donors (Lipinski definition) is 0. The van der Waals surface area contributed by atoms with Gasteiger partial charge in [-0.2, -0.15) is 0 Å². The molecule has 0 saturated heterocycles. The summed E-state index contributed by atoms with van der Waals surface area (Å²) in [6, 6.07) is 16.4. The molecule has 0 saturated carbocycles. The summed E-state index contributed by atoms with van der Waals surface area (Å²) in [6.07, 6.45) is 2.91. The van der Waals surface area contributed by atoms with Crippen LogP contribution in [0.3, 0.4) is 0 Å². The minimum absolute atomic E-state index is 0.104. The summed E-state index contributed by atoms with van der Waals surface area (Å²) in [5.74, 6) is -0.0201. The Balaban J connectivity index is 2.26. The fourth-order valence-electron chi connectivity index (χ4n) is 2.43. The minimum atomic E-state index is -0.124. The van der Waals surface area contributed by atoms with Crippen LogP contribution in [-0.4, -0.2) is 5.78 Å². The molecule has 0 aliphatic rings. The lowest BCUT2D eigenvalue weighted by Gasteiger charge is -2.16. The summed E-state index contributed by atoms with van der Waals surface area (Å²) < 4.78 is 0. The van der Waals surface area contributed by atoms with Crippen LogP contribution in [-0.2, 0) is 0 Å². The predicted molar refractivity (Wildman–Crippen MR) is 84.9 cm³/mol. The van der Waals surface area contributed by atoms with E-state index < -0.39 is 0 Å². The average Bonchev–Trinajstić information content (AvgIpc) is 2.56. The van der Waals surface area contributed by atoms with Crippen molar-refractivity contribution in [1.29, 1.82) is 0 Å². The van der Waals surface area contributed by atoms with Crippen molar-refractivity contribution < 1.29 is 4.79 Å². The Morgan fingerprint density at radius 3 is 2.29 bits per heavy atom. The summed E-state index contributed by atoms with van der Waals surface area (Å²) in [5, 5.41) is 2.86. The SMILES string of the molecule is CCCCC(C(=O)c1ccc(N=O)cc1)c1ccccc1. The number of rotatable bonds is 7. The van der Waals surface area contributed by atoms with Gasteiger partial charge in [-0.15, -0.1) is 4.91 Å². The fraction of sp³-hybridized carbons (Fsp3) is 0.278. The predicted octanol–water partition coefficient (Wildman–Crippen LogP) is 5.24. The lowest BCUT2D eigenvalue weighted by Crippen LogP contribution is -2.13. The van der Waals surface area contributed by atoms with Crippen molar-refractivity contribution in [3.8, 4) is 0 Å². The van der Waals surface area contributed by atoms with Crippen LogP contribution in [0, 0.1) is 4.91 Å². The lowest BCUT2D eigenvalue weighted by molar-refractivity contribution is 0.0954. The molecule has 3 heteroatoms. The molecule has 0 aliphatic carbocycles. The van der Waals surface area contributed by atoms with E-state index in [1.807, 2.05) is 30.3 Å². The number of carbonyl (C=O) groups excluding carboxylic acids is 1. The summed E-state index contributed by atoms with van der Waals surface area (Å²) in [6.45, 7) is 2.12. The van der Waals surface area contributed by atoms with E-state index in [0.717, 1.165) is 24.8 Å². The molecule has 0 aromatic heterocycles. The molecule has 0 bridgehead atoms. The van der Waals surface area contributed by atoms with E-state index in [1.165, 1.54) is 0 Å². The second kappa shape index (κ2) is 7.48. The second-order valence-corrected chi connectivity index (χ2v) is 5.11. The van der Waals surface area contributed by atoms with Crippen molar-refractivity contribution in [1.82, 2.24) is 0 Å². The smallest absolute Gasteiger partial charge is 0.170 e. The Morgan fingerprint density at radius 1 is 1.05 bits per heavy atom. The molecule has 21 heavy (non-hydrogen) atoms. The molecule has 0 N–H and O–H groups in total. The normalized spacial score (nSPS) is 11.9. The zero-order valence-electron chi connectivity index (χ0n) is 12.2. The van der Waals surface area contributed by atoms with Crippen molar-refractivity contribution in [3.05, 3.63) is 70.6 Å². The van der Waals surface area contributed by atoms with Gasteiger partial charge in [0.2, 0.25) is 0 Å². The van der Waals surface area contributed by atoms with Gasteiger partial charge < -0.3 is 0 Å². The molecule has 0 heterocycles. The van der Waals surface area contributed by atoms with Crippen LogP contribution in [0.1, 0.15) is 48.0 Å². The molecule has 1 atom stereocenters. The highest BCUT2D eigenvalue weighted by Gasteiger charge is 2.21. The molecule has 1 unspecified atom stereocenters. The molecule has 2 aromatic carbocycles. The van der Waals surface area contributed by atoms with E-state index in [4.69, 9.17) is 0 Å². The van der Waals surface area contributed by atoms with Gasteiger partial charge in [0.15, 0.2) is 5.78 Å². The number of nitroso groups, excluding NO2 is 1. The number of unbranched alkanes of at least 4 members (excludes halogenated alkanes) is 1. The first kappa shape index (κ1) is 15.1. The monoisotopic (exact) mass is 281 g/mol.